The Hall–Kier alpha value is -0.870. The predicted octanol–water partition coefficient (Wildman–Crippen LogP) is 4.42. The number of halogens is 1. The minimum atomic E-state index is 0.138. The van der Waals surface area contributed by atoms with E-state index in [2.05, 4.69) is 29.7 Å². The number of hydrogen-bond donors (Lipinski definition) is 2. The molecule has 2 atom stereocenters. The van der Waals surface area contributed by atoms with Gasteiger partial charge in [-0.15, -0.1) is 11.3 Å². The third-order valence-corrected chi connectivity index (χ3v) is 5.65. The fraction of sp³-hybridized carbons (Fsp3) is 0.375. The van der Waals surface area contributed by atoms with Gasteiger partial charge in [-0.1, -0.05) is 35.9 Å². The first-order chi connectivity index (χ1) is 9.79. The van der Waals surface area contributed by atoms with Crippen molar-refractivity contribution in [3.63, 3.8) is 0 Å². The number of hydrazine groups is 1. The predicted molar refractivity (Wildman–Crippen MR) is 86.1 cm³/mol. The molecule has 2 nitrogen and oxygen atoms in total. The fourth-order valence-electron chi connectivity index (χ4n) is 3.19. The highest BCUT2D eigenvalue weighted by Gasteiger charge is 2.25. The van der Waals surface area contributed by atoms with Crippen molar-refractivity contribution in [3.8, 4) is 0 Å². The molecular weight excluding hydrogens is 288 g/mol. The van der Waals surface area contributed by atoms with Crippen molar-refractivity contribution in [3.05, 3.63) is 56.7 Å². The summed E-state index contributed by atoms with van der Waals surface area (Å²) < 4.78 is 0. The van der Waals surface area contributed by atoms with Crippen molar-refractivity contribution in [1.82, 2.24) is 5.43 Å². The molecule has 106 valence electrons. The summed E-state index contributed by atoms with van der Waals surface area (Å²) in [6.07, 6.45) is 4.70. The van der Waals surface area contributed by atoms with Crippen LogP contribution in [0.2, 0.25) is 5.02 Å². The van der Waals surface area contributed by atoms with Crippen LogP contribution in [0.3, 0.4) is 0 Å². The van der Waals surface area contributed by atoms with Crippen LogP contribution in [0.4, 0.5) is 0 Å². The van der Waals surface area contributed by atoms with E-state index >= 15 is 0 Å². The van der Waals surface area contributed by atoms with Crippen LogP contribution >= 0.6 is 22.9 Å². The minimum absolute atomic E-state index is 0.138. The summed E-state index contributed by atoms with van der Waals surface area (Å²) in [5, 5.41) is 2.85. The first-order valence-corrected chi connectivity index (χ1v) is 8.32. The van der Waals surface area contributed by atoms with Gasteiger partial charge in [0.2, 0.25) is 0 Å². The van der Waals surface area contributed by atoms with Crippen molar-refractivity contribution in [2.75, 3.05) is 0 Å². The number of nitrogens with one attached hydrogen (secondary N) is 1. The van der Waals surface area contributed by atoms with Crippen LogP contribution in [0.15, 0.2) is 35.7 Å². The Morgan fingerprint density at radius 3 is 2.95 bits per heavy atom. The molecule has 1 aromatic carbocycles. The Kier molecular flexibility index (Phi) is 4.41. The lowest BCUT2D eigenvalue weighted by Crippen LogP contribution is -2.29. The van der Waals surface area contributed by atoms with E-state index in [0.717, 1.165) is 16.3 Å². The summed E-state index contributed by atoms with van der Waals surface area (Å²) in [5.74, 6) is 6.34. The Balaban J connectivity index is 1.82. The highest BCUT2D eigenvalue weighted by Crippen LogP contribution is 2.40. The first-order valence-electron chi connectivity index (χ1n) is 7.06. The zero-order valence-corrected chi connectivity index (χ0v) is 12.9. The number of fused-ring (bicyclic) bond motifs is 1. The molecule has 4 heteroatoms. The molecule has 0 amide bonds. The SMILES string of the molecule is NNC(CC1CCCc2ccccc21)c1sccc1Cl. The monoisotopic (exact) mass is 306 g/mol. The molecule has 2 aromatic rings. The maximum Gasteiger partial charge on any atom is 0.0574 e. The highest BCUT2D eigenvalue weighted by molar-refractivity contribution is 7.10. The molecule has 1 aliphatic rings. The van der Waals surface area contributed by atoms with E-state index in [1.165, 1.54) is 30.4 Å². The molecule has 1 aliphatic carbocycles. The van der Waals surface area contributed by atoms with E-state index in [0.29, 0.717) is 5.92 Å². The molecule has 20 heavy (non-hydrogen) atoms. The van der Waals surface area contributed by atoms with Crippen LogP contribution in [0.25, 0.3) is 0 Å². The molecule has 0 saturated carbocycles. The van der Waals surface area contributed by atoms with Gasteiger partial charge in [0.15, 0.2) is 0 Å². The third-order valence-electron chi connectivity index (χ3n) is 4.18. The van der Waals surface area contributed by atoms with E-state index < -0.39 is 0 Å². The van der Waals surface area contributed by atoms with Gasteiger partial charge in [0.25, 0.3) is 0 Å². The number of aryl methyl sites for hydroxylation is 1. The summed E-state index contributed by atoms with van der Waals surface area (Å²) >= 11 is 7.92. The Morgan fingerprint density at radius 1 is 1.35 bits per heavy atom. The van der Waals surface area contributed by atoms with Gasteiger partial charge in [-0.2, -0.15) is 0 Å². The second-order valence-electron chi connectivity index (χ2n) is 5.38. The van der Waals surface area contributed by atoms with E-state index in [4.69, 9.17) is 17.4 Å². The number of rotatable bonds is 4. The first kappa shape index (κ1) is 14.1. The quantitative estimate of drug-likeness (QED) is 0.648. The Morgan fingerprint density at radius 2 is 2.20 bits per heavy atom. The van der Waals surface area contributed by atoms with Crippen molar-refractivity contribution < 1.29 is 0 Å². The van der Waals surface area contributed by atoms with Gasteiger partial charge in [-0.3, -0.25) is 11.3 Å². The van der Waals surface area contributed by atoms with Crippen LogP contribution in [-0.4, -0.2) is 0 Å². The average Bonchev–Trinajstić information content (AvgIpc) is 2.91. The lowest BCUT2D eigenvalue weighted by Gasteiger charge is -2.28. The molecule has 0 aliphatic heterocycles. The molecule has 1 aromatic heterocycles. The molecule has 0 saturated heterocycles. The molecule has 1 heterocycles. The molecule has 0 bridgehead atoms. The van der Waals surface area contributed by atoms with E-state index in [-0.39, 0.29) is 6.04 Å². The van der Waals surface area contributed by atoms with Crippen LogP contribution in [0.5, 0.6) is 0 Å². The van der Waals surface area contributed by atoms with Crippen LogP contribution in [0, 0.1) is 0 Å². The highest BCUT2D eigenvalue weighted by atomic mass is 35.5. The lowest BCUT2D eigenvalue weighted by atomic mass is 9.79. The molecule has 0 spiro atoms. The maximum atomic E-state index is 6.25. The summed E-state index contributed by atoms with van der Waals surface area (Å²) in [7, 11) is 0. The summed E-state index contributed by atoms with van der Waals surface area (Å²) in [6, 6.07) is 10.9. The summed E-state index contributed by atoms with van der Waals surface area (Å²) in [6.45, 7) is 0. The van der Waals surface area contributed by atoms with Crippen molar-refractivity contribution in [2.24, 2.45) is 5.84 Å². The van der Waals surface area contributed by atoms with E-state index in [1.54, 1.807) is 11.3 Å². The summed E-state index contributed by atoms with van der Waals surface area (Å²) in [5.41, 5.74) is 5.94. The van der Waals surface area contributed by atoms with Crippen LogP contribution in [-0.2, 0) is 6.42 Å². The van der Waals surface area contributed by atoms with Gasteiger partial charge >= 0.3 is 0 Å². The topological polar surface area (TPSA) is 38.0 Å². The number of benzene rings is 1. The van der Waals surface area contributed by atoms with Crippen molar-refractivity contribution >= 4 is 22.9 Å². The van der Waals surface area contributed by atoms with Gasteiger partial charge in [0, 0.05) is 4.88 Å². The summed E-state index contributed by atoms with van der Waals surface area (Å²) in [4.78, 5) is 1.15. The number of nitrogens with two attached hydrogens (primary N) is 1. The van der Waals surface area contributed by atoms with E-state index in [1.807, 2.05) is 11.4 Å². The smallest absolute Gasteiger partial charge is 0.0574 e. The van der Waals surface area contributed by atoms with Gasteiger partial charge in [0.1, 0.15) is 0 Å². The van der Waals surface area contributed by atoms with Crippen LogP contribution in [0.1, 0.15) is 47.2 Å². The Bertz CT molecular complexity index is 581. The zero-order chi connectivity index (χ0) is 13.9. The van der Waals surface area contributed by atoms with Crippen LogP contribution < -0.4 is 11.3 Å². The number of thiophene rings is 1. The van der Waals surface area contributed by atoms with Gasteiger partial charge in [-0.05, 0) is 54.2 Å². The molecule has 0 fully saturated rings. The minimum Gasteiger partial charge on any atom is -0.271 e. The zero-order valence-electron chi connectivity index (χ0n) is 11.3. The lowest BCUT2D eigenvalue weighted by molar-refractivity contribution is 0.430. The Labute approximate surface area is 128 Å². The van der Waals surface area contributed by atoms with Crippen molar-refractivity contribution in [1.29, 1.82) is 0 Å². The second kappa shape index (κ2) is 6.27. The molecule has 0 radical (unpaired) electrons. The normalized spacial score (nSPS) is 19.6. The molecule has 2 unspecified atom stereocenters. The molecule has 3 rings (SSSR count). The maximum absolute atomic E-state index is 6.25. The third kappa shape index (κ3) is 2.77. The second-order valence-corrected chi connectivity index (χ2v) is 6.73. The molecule has 3 N–H and O–H groups in total. The van der Waals surface area contributed by atoms with Gasteiger partial charge in [-0.25, -0.2) is 0 Å². The average molecular weight is 307 g/mol. The largest absolute Gasteiger partial charge is 0.271 e. The van der Waals surface area contributed by atoms with E-state index in [9.17, 15) is 0 Å². The van der Waals surface area contributed by atoms with Crippen molar-refractivity contribution in [2.45, 2.75) is 37.6 Å². The fourth-order valence-corrected chi connectivity index (χ4v) is 4.45. The van der Waals surface area contributed by atoms with Gasteiger partial charge in [0.05, 0.1) is 11.1 Å². The number of hydrogen-bond acceptors (Lipinski definition) is 3. The standard InChI is InChI=1S/C16H19ClN2S/c17-14-8-9-20-16(14)15(19-18)10-12-6-3-5-11-4-1-2-7-13(11)12/h1-2,4,7-9,12,15,19H,3,5-6,10,18H2. The van der Waals surface area contributed by atoms with Gasteiger partial charge < -0.3 is 0 Å². The molecular formula is C16H19ClN2S.